The zero-order valence-electron chi connectivity index (χ0n) is 9.46. The summed E-state index contributed by atoms with van der Waals surface area (Å²) in [6.07, 6.45) is 0.780. The first-order chi connectivity index (χ1) is 6.52. The minimum absolute atomic E-state index is 0.183. The molecule has 0 saturated carbocycles. The largest absolute Gasteiger partial charge is 0.440 e. The van der Waals surface area contributed by atoms with Crippen LogP contribution in [0.25, 0.3) is 0 Å². The van der Waals surface area contributed by atoms with Gasteiger partial charge in [0, 0.05) is 12.6 Å². The maximum atomic E-state index is 11.5. The molecule has 0 aromatic heterocycles. The molecule has 1 aliphatic rings. The van der Waals surface area contributed by atoms with Gasteiger partial charge < -0.3 is 15.0 Å². The van der Waals surface area contributed by atoms with Crippen LogP contribution in [0.2, 0.25) is 0 Å². The van der Waals surface area contributed by atoms with E-state index in [1.54, 1.807) is 4.90 Å². The van der Waals surface area contributed by atoms with Crippen LogP contribution in [0.1, 0.15) is 27.2 Å². The van der Waals surface area contributed by atoms with E-state index in [4.69, 9.17) is 4.74 Å². The van der Waals surface area contributed by atoms with Crippen molar-refractivity contribution in [1.82, 2.24) is 10.2 Å². The van der Waals surface area contributed by atoms with Gasteiger partial charge in [-0.3, -0.25) is 0 Å². The molecule has 0 bridgehead atoms. The van der Waals surface area contributed by atoms with Gasteiger partial charge in [0.05, 0.1) is 6.54 Å². The highest BCUT2D eigenvalue weighted by Gasteiger charge is 2.42. The molecule has 0 aliphatic carbocycles. The lowest BCUT2D eigenvalue weighted by molar-refractivity contribution is 0.0727. The fourth-order valence-electron chi connectivity index (χ4n) is 1.75. The van der Waals surface area contributed by atoms with Crippen LogP contribution in [-0.2, 0) is 4.74 Å². The molecule has 4 heteroatoms. The third-order valence-electron chi connectivity index (χ3n) is 2.75. The summed E-state index contributed by atoms with van der Waals surface area (Å²) in [5.74, 6) is 0. The van der Waals surface area contributed by atoms with Crippen molar-refractivity contribution in [3.8, 4) is 0 Å². The average Bonchev–Trinajstić information content (AvgIpc) is 2.41. The Hall–Kier alpha value is -0.770. The summed E-state index contributed by atoms with van der Waals surface area (Å²) in [7, 11) is 1.87. The second-order valence-electron chi connectivity index (χ2n) is 4.23. The highest BCUT2D eigenvalue weighted by atomic mass is 16.6. The van der Waals surface area contributed by atoms with Crippen molar-refractivity contribution in [3.05, 3.63) is 0 Å². The maximum absolute atomic E-state index is 11.5. The Balaban J connectivity index is 2.63. The minimum Gasteiger partial charge on any atom is -0.440 e. The van der Waals surface area contributed by atoms with Crippen LogP contribution in [-0.4, -0.2) is 42.8 Å². The van der Waals surface area contributed by atoms with E-state index in [1.165, 1.54) is 0 Å². The zero-order valence-corrected chi connectivity index (χ0v) is 9.46. The number of hydrogen-bond acceptors (Lipinski definition) is 3. The summed E-state index contributed by atoms with van der Waals surface area (Å²) in [5.41, 5.74) is -0.366. The normalized spacial score (nSPS) is 29.1. The average molecular weight is 200 g/mol. The Morgan fingerprint density at radius 1 is 1.71 bits per heavy atom. The topological polar surface area (TPSA) is 41.6 Å². The van der Waals surface area contributed by atoms with Crippen molar-refractivity contribution in [2.75, 3.05) is 20.1 Å². The van der Waals surface area contributed by atoms with Gasteiger partial charge in [-0.2, -0.15) is 0 Å². The molecule has 2 atom stereocenters. The molecule has 1 saturated heterocycles. The molecule has 1 rings (SSSR count). The van der Waals surface area contributed by atoms with Gasteiger partial charge in [0.1, 0.15) is 5.60 Å². The quantitative estimate of drug-likeness (QED) is 0.741. The summed E-state index contributed by atoms with van der Waals surface area (Å²) >= 11 is 0. The van der Waals surface area contributed by atoms with E-state index in [2.05, 4.69) is 12.2 Å². The van der Waals surface area contributed by atoms with E-state index in [9.17, 15) is 4.79 Å². The minimum atomic E-state index is -0.366. The Bertz CT molecular complexity index is 220. The standard InChI is InChI=1S/C10H20N2O2/c1-5-8(2)12-7-10(3,6-11-4)14-9(12)13/h8,11H,5-7H2,1-4H3. The molecular formula is C10H20N2O2. The van der Waals surface area contributed by atoms with Gasteiger partial charge in [-0.25, -0.2) is 4.79 Å². The van der Waals surface area contributed by atoms with Gasteiger partial charge in [-0.15, -0.1) is 0 Å². The molecule has 1 heterocycles. The predicted molar refractivity (Wildman–Crippen MR) is 55.3 cm³/mol. The number of amides is 1. The van der Waals surface area contributed by atoms with Crippen LogP contribution < -0.4 is 5.32 Å². The first-order valence-corrected chi connectivity index (χ1v) is 5.16. The number of cyclic esters (lactones) is 1. The number of hydrogen-bond donors (Lipinski definition) is 1. The molecule has 1 fully saturated rings. The molecule has 1 amide bonds. The Morgan fingerprint density at radius 2 is 2.36 bits per heavy atom. The van der Waals surface area contributed by atoms with Gasteiger partial charge in [0.25, 0.3) is 0 Å². The number of likely N-dealkylation sites (N-methyl/N-ethyl adjacent to an activating group) is 1. The summed E-state index contributed by atoms with van der Waals surface area (Å²) < 4.78 is 5.35. The second-order valence-corrected chi connectivity index (χ2v) is 4.23. The molecule has 0 aromatic rings. The summed E-state index contributed by atoms with van der Waals surface area (Å²) in [5, 5.41) is 3.04. The molecule has 4 nitrogen and oxygen atoms in total. The lowest BCUT2D eigenvalue weighted by atomic mass is 10.1. The lowest BCUT2D eigenvalue weighted by Crippen LogP contribution is -2.41. The number of carbonyl (C=O) groups excluding carboxylic acids is 1. The van der Waals surface area contributed by atoms with Gasteiger partial charge in [0.15, 0.2) is 0 Å². The molecule has 2 unspecified atom stereocenters. The fourth-order valence-corrected chi connectivity index (χ4v) is 1.75. The number of nitrogens with one attached hydrogen (secondary N) is 1. The number of carbonyl (C=O) groups is 1. The molecule has 0 aromatic carbocycles. The van der Waals surface area contributed by atoms with Crippen LogP contribution in [0.4, 0.5) is 4.79 Å². The predicted octanol–water partition coefficient (Wildman–Crippen LogP) is 1.22. The summed E-state index contributed by atoms with van der Waals surface area (Å²) in [6, 6.07) is 0.265. The van der Waals surface area contributed by atoms with Crippen LogP contribution >= 0.6 is 0 Å². The lowest BCUT2D eigenvalue weighted by Gasteiger charge is -2.23. The van der Waals surface area contributed by atoms with E-state index in [0.717, 1.165) is 6.42 Å². The van der Waals surface area contributed by atoms with Gasteiger partial charge in [-0.1, -0.05) is 6.92 Å². The van der Waals surface area contributed by atoms with Crippen molar-refractivity contribution >= 4 is 6.09 Å². The highest BCUT2D eigenvalue weighted by molar-refractivity contribution is 5.71. The maximum Gasteiger partial charge on any atom is 0.410 e. The van der Waals surface area contributed by atoms with E-state index in [-0.39, 0.29) is 17.7 Å². The number of ether oxygens (including phenoxy) is 1. The van der Waals surface area contributed by atoms with E-state index < -0.39 is 0 Å². The molecule has 1 aliphatic heterocycles. The fraction of sp³-hybridized carbons (Fsp3) is 0.900. The van der Waals surface area contributed by atoms with Crippen LogP contribution in [0.3, 0.4) is 0 Å². The number of nitrogens with zero attached hydrogens (tertiary/aromatic N) is 1. The third-order valence-corrected chi connectivity index (χ3v) is 2.75. The molecule has 0 spiro atoms. The van der Waals surface area contributed by atoms with Crippen LogP contribution in [0.15, 0.2) is 0 Å². The van der Waals surface area contributed by atoms with Gasteiger partial charge in [-0.05, 0) is 27.3 Å². The van der Waals surface area contributed by atoms with Crippen molar-refractivity contribution in [3.63, 3.8) is 0 Å². The molecule has 14 heavy (non-hydrogen) atoms. The SMILES string of the molecule is CCC(C)N1CC(C)(CNC)OC1=O. The third kappa shape index (κ3) is 2.18. The van der Waals surface area contributed by atoms with E-state index in [0.29, 0.717) is 13.1 Å². The Kier molecular flexibility index (Phi) is 3.37. The van der Waals surface area contributed by atoms with Crippen molar-refractivity contribution < 1.29 is 9.53 Å². The molecule has 0 radical (unpaired) electrons. The molecule has 82 valence electrons. The molecule has 1 N–H and O–H groups in total. The van der Waals surface area contributed by atoms with Crippen LogP contribution in [0, 0.1) is 0 Å². The Morgan fingerprint density at radius 3 is 2.86 bits per heavy atom. The van der Waals surface area contributed by atoms with Crippen molar-refractivity contribution in [1.29, 1.82) is 0 Å². The van der Waals surface area contributed by atoms with Gasteiger partial charge >= 0.3 is 6.09 Å². The number of rotatable bonds is 4. The summed E-state index contributed by atoms with van der Waals surface area (Å²) in [4.78, 5) is 13.3. The van der Waals surface area contributed by atoms with Crippen molar-refractivity contribution in [2.45, 2.75) is 38.8 Å². The molecular weight excluding hydrogens is 180 g/mol. The van der Waals surface area contributed by atoms with Crippen molar-refractivity contribution in [2.24, 2.45) is 0 Å². The Labute approximate surface area is 85.6 Å². The summed E-state index contributed by atoms with van der Waals surface area (Å²) in [6.45, 7) is 7.47. The van der Waals surface area contributed by atoms with Gasteiger partial charge in [0.2, 0.25) is 0 Å². The smallest absolute Gasteiger partial charge is 0.410 e. The van der Waals surface area contributed by atoms with E-state index >= 15 is 0 Å². The monoisotopic (exact) mass is 200 g/mol. The zero-order chi connectivity index (χ0) is 10.8. The first kappa shape index (κ1) is 11.3. The second kappa shape index (κ2) is 4.17. The highest BCUT2D eigenvalue weighted by Crippen LogP contribution is 2.24. The van der Waals surface area contributed by atoms with E-state index in [1.807, 2.05) is 20.9 Å². The first-order valence-electron chi connectivity index (χ1n) is 5.16. The van der Waals surface area contributed by atoms with Crippen LogP contribution in [0.5, 0.6) is 0 Å².